The van der Waals surface area contributed by atoms with Crippen LogP contribution in [0.15, 0.2) is 72.1 Å². The van der Waals surface area contributed by atoms with Gasteiger partial charge in [0.2, 0.25) is 0 Å². The van der Waals surface area contributed by atoms with Crippen LogP contribution < -0.4 is 5.32 Å². The average molecular weight is 334 g/mol. The van der Waals surface area contributed by atoms with Crippen LogP contribution in [0.25, 0.3) is 0 Å². The maximum Gasteiger partial charge on any atom is 0.149 e. The van der Waals surface area contributed by atoms with Gasteiger partial charge in [-0.05, 0) is 23.6 Å². The summed E-state index contributed by atoms with van der Waals surface area (Å²) in [5.74, 6) is 0.765. The van der Waals surface area contributed by atoms with Gasteiger partial charge in [0.15, 0.2) is 0 Å². The quantitative estimate of drug-likeness (QED) is 0.796. The lowest BCUT2D eigenvalue weighted by Gasteiger charge is -2.45. The smallest absolute Gasteiger partial charge is 0.149 e. The zero-order chi connectivity index (χ0) is 17.7. The van der Waals surface area contributed by atoms with E-state index in [-0.39, 0.29) is 5.41 Å². The molecule has 0 spiro atoms. The predicted molar refractivity (Wildman–Crippen MR) is 100 cm³/mol. The van der Waals surface area contributed by atoms with Crippen molar-refractivity contribution in [2.24, 2.45) is 5.41 Å². The Morgan fingerprint density at radius 2 is 1.88 bits per heavy atom. The molecule has 128 valence electrons. The van der Waals surface area contributed by atoms with Crippen molar-refractivity contribution < 1.29 is 4.39 Å². The molecule has 1 aromatic carbocycles. The van der Waals surface area contributed by atoms with E-state index in [0.717, 1.165) is 23.4 Å². The number of hydrogen-bond acceptors (Lipinski definition) is 2. The number of hydrogen-bond donors (Lipinski definition) is 1. The van der Waals surface area contributed by atoms with Crippen LogP contribution in [0.5, 0.6) is 0 Å². The first-order valence-corrected chi connectivity index (χ1v) is 8.86. The highest BCUT2D eigenvalue weighted by Gasteiger charge is 2.47. The number of fused-ring (bicyclic) bond motifs is 1. The SMILES string of the molecule is CC[C@]1(c2ccccc2)C2=C(Nc3ncccc31)[C@@H](F)C(C)(C)C=C2. The Hall–Kier alpha value is -2.42. The van der Waals surface area contributed by atoms with Crippen molar-refractivity contribution >= 4 is 5.82 Å². The minimum absolute atomic E-state index is 0.386. The first-order chi connectivity index (χ1) is 12.0. The molecule has 0 amide bonds. The van der Waals surface area contributed by atoms with E-state index < -0.39 is 11.6 Å². The molecule has 0 radical (unpaired) electrons. The topological polar surface area (TPSA) is 24.9 Å². The maximum atomic E-state index is 15.4. The Bertz CT molecular complexity index is 867. The van der Waals surface area contributed by atoms with Crippen molar-refractivity contribution in [1.82, 2.24) is 4.98 Å². The zero-order valence-electron chi connectivity index (χ0n) is 14.9. The van der Waals surface area contributed by atoms with Gasteiger partial charge in [-0.25, -0.2) is 9.37 Å². The summed E-state index contributed by atoms with van der Waals surface area (Å²) in [6.07, 6.45) is 5.64. The van der Waals surface area contributed by atoms with E-state index >= 15 is 4.39 Å². The molecule has 1 aromatic heterocycles. The minimum Gasteiger partial charge on any atom is -0.341 e. The number of pyridine rings is 1. The Morgan fingerprint density at radius 1 is 1.12 bits per heavy atom. The van der Waals surface area contributed by atoms with E-state index in [2.05, 4.69) is 53.6 Å². The highest BCUT2D eigenvalue weighted by atomic mass is 19.1. The van der Waals surface area contributed by atoms with Crippen molar-refractivity contribution in [2.45, 2.75) is 38.8 Å². The van der Waals surface area contributed by atoms with Gasteiger partial charge in [0.25, 0.3) is 0 Å². The predicted octanol–water partition coefficient (Wildman–Crippen LogP) is 5.39. The van der Waals surface area contributed by atoms with Gasteiger partial charge in [-0.15, -0.1) is 0 Å². The number of halogens is 1. The number of nitrogens with one attached hydrogen (secondary N) is 1. The van der Waals surface area contributed by atoms with E-state index in [1.165, 1.54) is 5.56 Å². The number of rotatable bonds is 2. The number of benzene rings is 1. The molecule has 4 rings (SSSR count). The van der Waals surface area contributed by atoms with Gasteiger partial charge in [0, 0.05) is 17.2 Å². The summed E-state index contributed by atoms with van der Waals surface area (Å²) < 4.78 is 15.4. The lowest BCUT2D eigenvalue weighted by molar-refractivity contribution is 0.221. The number of alkyl halides is 1. The zero-order valence-corrected chi connectivity index (χ0v) is 14.9. The summed E-state index contributed by atoms with van der Waals surface area (Å²) in [4.78, 5) is 4.53. The molecule has 1 N–H and O–H groups in total. The third-order valence-electron chi connectivity index (χ3n) is 5.65. The maximum absolute atomic E-state index is 15.4. The van der Waals surface area contributed by atoms with Crippen molar-refractivity contribution in [3.8, 4) is 0 Å². The Kier molecular flexibility index (Phi) is 3.57. The molecule has 2 aromatic rings. The van der Waals surface area contributed by atoms with Gasteiger partial charge in [-0.1, -0.05) is 69.3 Å². The van der Waals surface area contributed by atoms with Crippen LogP contribution in [-0.4, -0.2) is 11.2 Å². The van der Waals surface area contributed by atoms with E-state index in [9.17, 15) is 0 Å². The number of allylic oxidation sites excluding steroid dienone is 4. The molecule has 2 aliphatic rings. The van der Waals surface area contributed by atoms with Crippen LogP contribution in [0, 0.1) is 5.41 Å². The molecule has 0 fully saturated rings. The second kappa shape index (κ2) is 5.55. The summed E-state index contributed by atoms with van der Waals surface area (Å²) in [6, 6.07) is 14.5. The monoisotopic (exact) mass is 334 g/mol. The summed E-state index contributed by atoms with van der Waals surface area (Å²) in [7, 11) is 0. The first-order valence-electron chi connectivity index (χ1n) is 8.86. The number of aromatic nitrogens is 1. The molecule has 3 heteroatoms. The first kappa shape index (κ1) is 16.1. The van der Waals surface area contributed by atoms with Crippen LogP contribution >= 0.6 is 0 Å². The molecule has 2 atom stereocenters. The molecule has 0 unspecified atom stereocenters. The molecular formula is C22H23FN2. The summed E-state index contributed by atoms with van der Waals surface area (Å²) >= 11 is 0. The molecule has 25 heavy (non-hydrogen) atoms. The Morgan fingerprint density at radius 3 is 2.60 bits per heavy atom. The minimum atomic E-state index is -1.09. The number of nitrogens with zero attached hydrogens (tertiary/aromatic N) is 1. The van der Waals surface area contributed by atoms with Gasteiger partial charge in [-0.2, -0.15) is 0 Å². The molecule has 2 nitrogen and oxygen atoms in total. The fourth-order valence-corrected chi connectivity index (χ4v) is 4.22. The molecular weight excluding hydrogens is 311 g/mol. The molecule has 0 saturated carbocycles. The van der Waals surface area contributed by atoms with Gasteiger partial charge >= 0.3 is 0 Å². The lowest BCUT2D eigenvalue weighted by Crippen LogP contribution is -2.42. The van der Waals surface area contributed by atoms with Gasteiger partial charge in [0.1, 0.15) is 12.0 Å². The van der Waals surface area contributed by atoms with Crippen LogP contribution in [-0.2, 0) is 5.41 Å². The Balaban J connectivity index is 2.05. The molecule has 1 aliphatic carbocycles. The normalized spacial score (nSPS) is 26.6. The van der Waals surface area contributed by atoms with E-state index in [1.807, 2.05) is 32.1 Å². The van der Waals surface area contributed by atoms with E-state index in [0.29, 0.717) is 5.70 Å². The van der Waals surface area contributed by atoms with Gasteiger partial charge in [0.05, 0.1) is 11.1 Å². The molecule has 1 aliphatic heterocycles. The fraction of sp³-hybridized carbons (Fsp3) is 0.318. The Labute approximate surface area is 148 Å². The van der Waals surface area contributed by atoms with Crippen LogP contribution in [0.2, 0.25) is 0 Å². The third kappa shape index (κ3) is 2.18. The average Bonchev–Trinajstić information content (AvgIpc) is 2.64. The van der Waals surface area contributed by atoms with Gasteiger partial charge < -0.3 is 5.32 Å². The largest absolute Gasteiger partial charge is 0.341 e. The standard InChI is InChI=1S/C22H23FN2/c1-4-22(15-9-6-5-7-10-15)16-12-13-21(2,3)19(23)18(16)25-20-17(22)11-8-14-24-20/h5-14,19H,4H2,1-3H3,(H,24,25)/t19-,22+/m1/s1. The highest BCUT2D eigenvalue weighted by Crippen LogP contribution is 2.53. The summed E-state index contributed by atoms with van der Waals surface area (Å²) in [5, 5.41) is 3.31. The molecule has 0 saturated heterocycles. The summed E-state index contributed by atoms with van der Waals surface area (Å²) in [5.41, 5.74) is 3.05. The number of anilines is 1. The second-order valence-corrected chi connectivity index (χ2v) is 7.49. The second-order valence-electron chi connectivity index (χ2n) is 7.49. The highest BCUT2D eigenvalue weighted by molar-refractivity contribution is 5.69. The van der Waals surface area contributed by atoms with Gasteiger partial charge in [-0.3, -0.25) is 0 Å². The van der Waals surface area contributed by atoms with Crippen molar-refractivity contribution in [3.05, 3.63) is 83.2 Å². The van der Waals surface area contributed by atoms with Crippen molar-refractivity contribution in [3.63, 3.8) is 0 Å². The van der Waals surface area contributed by atoms with Crippen LogP contribution in [0.4, 0.5) is 10.2 Å². The van der Waals surface area contributed by atoms with E-state index in [4.69, 9.17) is 0 Å². The van der Waals surface area contributed by atoms with E-state index in [1.54, 1.807) is 6.20 Å². The van der Waals surface area contributed by atoms with Crippen molar-refractivity contribution in [1.29, 1.82) is 0 Å². The van der Waals surface area contributed by atoms with Crippen LogP contribution in [0.3, 0.4) is 0 Å². The molecule has 2 heterocycles. The summed E-state index contributed by atoms with van der Waals surface area (Å²) in [6.45, 7) is 6.04. The third-order valence-corrected chi connectivity index (χ3v) is 5.65. The van der Waals surface area contributed by atoms with Crippen molar-refractivity contribution in [2.75, 3.05) is 5.32 Å². The molecule has 0 bridgehead atoms. The fourth-order valence-electron chi connectivity index (χ4n) is 4.22. The van der Waals surface area contributed by atoms with Crippen LogP contribution in [0.1, 0.15) is 38.3 Å². The lowest BCUT2D eigenvalue weighted by atomic mass is 9.62.